The number of carbonyl (C=O) groups excluding carboxylic acids is 1. The fraction of sp³-hybridized carbons (Fsp3) is 0.480. The number of benzene rings is 2. The van der Waals surface area contributed by atoms with Crippen LogP contribution in [0.5, 0.6) is 5.75 Å². The molecule has 1 fully saturated rings. The third kappa shape index (κ3) is 5.08. The number of halogens is 2. The summed E-state index contributed by atoms with van der Waals surface area (Å²) in [5.74, 6) is 0.404. The molecular formula is C25H29Cl2NO5S. The van der Waals surface area contributed by atoms with Gasteiger partial charge in [0.2, 0.25) is 9.84 Å². The highest BCUT2D eigenvalue weighted by molar-refractivity contribution is 7.91. The van der Waals surface area contributed by atoms with E-state index in [1.54, 1.807) is 18.2 Å². The molecule has 1 spiro atoms. The van der Waals surface area contributed by atoms with Gasteiger partial charge in [-0.3, -0.25) is 4.79 Å². The molecule has 2 aromatic carbocycles. The summed E-state index contributed by atoms with van der Waals surface area (Å²) < 4.78 is 37.9. The average Bonchev–Trinajstić information content (AvgIpc) is 3.09. The first-order valence-electron chi connectivity index (χ1n) is 11.3. The van der Waals surface area contributed by atoms with Crippen molar-refractivity contribution in [3.63, 3.8) is 0 Å². The van der Waals surface area contributed by atoms with Crippen LogP contribution in [0.15, 0.2) is 46.2 Å². The molecule has 0 atom stereocenters. The second-order valence-electron chi connectivity index (χ2n) is 9.96. The topological polar surface area (TPSA) is 72.9 Å². The van der Waals surface area contributed by atoms with Crippen LogP contribution in [0.25, 0.3) is 0 Å². The van der Waals surface area contributed by atoms with Crippen LogP contribution in [0.2, 0.25) is 10.0 Å². The van der Waals surface area contributed by atoms with Gasteiger partial charge in [-0.2, -0.15) is 0 Å². The summed E-state index contributed by atoms with van der Waals surface area (Å²) >= 11 is 12.3. The molecule has 4 rings (SSSR count). The van der Waals surface area contributed by atoms with Crippen LogP contribution in [0.1, 0.15) is 45.6 Å². The zero-order chi connectivity index (χ0) is 24.7. The van der Waals surface area contributed by atoms with Gasteiger partial charge in [-0.25, -0.2) is 8.42 Å². The van der Waals surface area contributed by atoms with E-state index in [0.29, 0.717) is 25.3 Å². The standard InChI is InChI=1S/C25H29Cl2NO5S/c1-24(2,3)33-22(29)9-12-28-13-10-25(11-14-28)16-32-21-15-17(7-8-18(21)25)34(30,31)23-19(26)5-4-6-20(23)27/h4-8,15H,9-14,16H2,1-3H3. The van der Waals surface area contributed by atoms with Crippen molar-refractivity contribution < 1.29 is 22.7 Å². The summed E-state index contributed by atoms with van der Waals surface area (Å²) in [5, 5.41) is 0.174. The molecule has 34 heavy (non-hydrogen) atoms. The number of ether oxygens (including phenoxy) is 2. The monoisotopic (exact) mass is 525 g/mol. The van der Waals surface area contributed by atoms with E-state index in [9.17, 15) is 13.2 Å². The van der Waals surface area contributed by atoms with E-state index in [4.69, 9.17) is 32.7 Å². The average molecular weight is 526 g/mol. The molecule has 2 aliphatic rings. The molecule has 0 radical (unpaired) electrons. The second kappa shape index (κ2) is 9.34. The van der Waals surface area contributed by atoms with Crippen molar-refractivity contribution in [3.05, 3.63) is 52.0 Å². The summed E-state index contributed by atoms with van der Waals surface area (Å²) in [6, 6.07) is 9.67. The Balaban J connectivity index is 1.46. The van der Waals surface area contributed by atoms with Gasteiger partial charge in [0.1, 0.15) is 16.2 Å². The van der Waals surface area contributed by atoms with Gasteiger partial charge < -0.3 is 14.4 Å². The predicted octanol–water partition coefficient (Wildman–Crippen LogP) is 5.28. The lowest BCUT2D eigenvalue weighted by atomic mass is 9.74. The number of carbonyl (C=O) groups is 1. The molecule has 2 heterocycles. The maximum absolute atomic E-state index is 13.2. The van der Waals surface area contributed by atoms with Gasteiger partial charge >= 0.3 is 5.97 Å². The fourth-order valence-electron chi connectivity index (χ4n) is 4.64. The van der Waals surface area contributed by atoms with Crippen LogP contribution in [0, 0.1) is 0 Å². The molecule has 0 unspecified atom stereocenters. The van der Waals surface area contributed by atoms with Crippen LogP contribution in [-0.4, -0.2) is 51.1 Å². The quantitative estimate of drug-likeness (QED) is 0.494. The normalized spacial score (nSPS) is 17.9. The molecule has 0 N–H and O–H groups in total. The minimum absolute atomic E-state index is 0.0872. The lowest BCUT2D eigenvalue weighted by Crippen LogP contribution is -2.44. The Morgan fingerprint density at radius 2 is 1.76 bits per heavy atom. The molecule has 2 aliphatic heterocycles. The van der Waals surface area contributed by atoms with Gasteiger partial charge in [0.05, 0.1) is 28.0 Å². The largest absolute Gasteiger partial charge is 0.492 e. The Kier molecular flexibility index (Phi) is 6.95. The Morgan fingerprint density at radius 1 is 1.12 bits per heavy atom. The third-order valence-electron chi connectivity index (χ3n) is 6.39. The maximum atomic E-state index is 13.2. The number of hydrogen-bond acceptors (Lipinski definition) is 6. The third-order valence-corrected chi connectivity index (χ3v) is 9.10. The van der Waals surface area contributed by atoms with Crippen molar-refractivity contribution in [1.82, 2.24) is 4.90 Å². The highest BCUT2D eigenvalue weighted by Gasteiger charge is 2.43. The number of piperidine rings is 1. The van der Waals surface area contributed by atoms with E-state index in [0.717, 1.165) is 31.5 Å². The van der Waals surface area contributed by atoms with Crippen molar-refractivity contribution in [2.75, 3.05) is 26.2 Å². The van der Waals surface area contributed by atoms with Gasteiger partial charge in [0, 0.05) is 17.5 Å². The molecule has 0 aromatic heterocycles. The van der Waals surface area contributed by atoms with E-state index in [-0.39, 0.29) is 31.2 Å². The molecule has 0 aliphatic carbocycles. The van der Waals surface area contributed by atoms with Crippen LogP contribution < -0.4 is 4.74 Å². The maximum Gasteiger partial charge on any atom is 0.307 e. The van der Waals surface area contributed by atoms with E-state index < -0.39 is 15.4 Å². The molecule has 1 saturated heterocycles. The number of esters is 1. The molecule has 2 aromatic rings. The van der Waals surface area contributed by atoms with Crippen LogP contribution in [0.3, 0.4) is 0 Å². The van der Waals surface area contributed by atoms with Crippen molar-refractivity contribution in [3.8, 4) is 5.75 Å². The molecule has 0 bridgehead atoms. The van der Waals surface area contributed by atoms with Crippen molar-refractivity contribution in [2.24, 2.45) is 0 Å². The first-order valence-corrected chi connectivity index (χ1v) is 13.6. The summed E-state index contributed by atoms with van der Waals surface area (Å²) in [5.41, 5.74) is 0.406. The van der Waals surface area contributed by atoms with Gasteiger partial charge in [-0.15, -0.1) is 0 Å². The highest BCUT2D eigenvalue weighted by atomic mass is 35.5. The number of nitrogens with zero attached hydrogens (tertiary/aromatic N) is 1. The first kappa shape index (κ1) is 25.3. The van der Waals surface area contributed by atoms with Crippen LogP contribution >= 0.6 is 23.2 Å². The highest BCUT2D eigenvalue weighted by Crippen LogP contribution is 2.47. The minimum atomic E-state index is -3.90. The van der Waals surface area contributed by atoms with Gasteiger partial charge in [-0.05, 0) is 71.0 Å². The summed E-state index contributed by atoms with van der Waals surface area (Å²) in [7, 11) is -3.90. The minimum Gasteiger partial charge on any atom is -0.492 e. The number of fused-ring (bicyclic) bond motifs is 2. The van der Waals surface area contributed by atoms with Crippen molar-refractivity contribution >= 4 is 39.0 Å². The van der Waals surface area contributed by atoms with Crippen LogP contribution in [-0.2, 0) is 24.8 Å². The molecule has 6 nitrogen and oxygen atoms in total. The van der Waals surface area contributed by atoms with Crippen LogP contribution in [0.4, 0.5) is 0 Å². The Bertz CT molecular complexity index is 1180. The Morgan fingerprint density at radius 3 is 2.38 bits per heavy atom. The zero-order valence-corrected chi connectivity index (χ0v) is 21.9. The summed E-state index contributed by atoms with van der Waals surface area (Å²) in [6.45, 7) is 8.45. The molecular weight excluding hydrogens is 497 g/mol. The number of rotatable bonds is 5. The van der Waals surface area contributed by atoms with Crippen molar-refractivity contribution in [1.29, 1.82) is 0 Å². The van der Waals surface area contributed by atoms with Crippen molar-refractivity contribution in [2.45, 2.75) is 60.8 Å². The summed E-state index contributed by atoms with van der Waals surface area (Å²) in [6.07, 6.45) is 2.11. The molecule has 184 valence electrons. The SMILES string of the molecule is CC(C)(C)OC(=O)CCN1CCC2(CC1)COc1cc(S(=O)(=O)c3c(Cl)cccc3Cl)ccc12. The van der Waals surface area contributed by atoms with E-state index in [1.807, 2.05) is 26.8 Å². The number of likely N-dealkylation sites (tertiary alicyclic amines) is 1. The number of sulfone groups is 1. The Hall–Kier alpha value is -1.80. The first-order chi connectivity index (χ1) is 15.9. The number of hydrogen-bond donors (Lipinski definition) is 0. The molecule has 0 amide bonds. The van der Waals surface area contributed by atoms with E-state index in [2.05, 4.69) is 4.90 Å². The fourth-order valence-corrected chi connectivity index (χ4v) is 7.04. The zero-order valence-electron chi connectivity index (χ0n) is 19.6. The predicted molar refractivity (Wildman–Crippen MR) is 132 cm³/mol. The molecule has 9 heteroatoms. The second-order valence-corrected chi connectivity index (χ2v) is 12.7. The van der Waals surface area contributed by atoms with Gasteiger partial charge in [-0.1, -0.05) is 35.3 Å². The van der Waals surface area contributed by atoms with E-state index in [1.165, 1.54) is 12.1 Å². The van der Waals surface area contributed by atoms with E-state index >= 15 is 0 Å². The molecule has 0 saturated carbocycles. The summed E-state index contributed by atoms with van der Waals surface area (Å²) in [4.78, 5) is 14.3. The van der Waals surface area contributed by atoms with Gasteiger partial charge in [0.25, 0.3) is 0 Å². The lowest BCUT2D eigenvalue weighted by Gasteiger charge is -2.38. The Labute approximate surface area is 211 Å². The lowest BCUT2D eigenvalue weighted by molar-refractivity contribution is -0.155. The smallest absolute Gasteiger partial charge is 0.307 e. The van der Waals surface area contributed by atoms with Gasteiger partial charge in [0.15, 0.2) is 0 Å².